The summed E-state index contributed by atoms with van der Waals surface area (Å²) >= 11 is 0. The van der Waals surface area contributed by atoms with Crippen molar-refractivity contribution in [3.8, 4) is 0 Å². The third-order valence-electron chi connectivity index (χ3n) is 4.07. The lowest BCUT2D eigenvalue weighted by molar-refractivity contribution is 0.0696. The van der Waals surface area contributed by atoms with Gasteiger partial charge in [-0.05, 0) is 39.9 Å². The van der Waals surface area contributed by atoms with Crippen molar-refractivity contribution in [2.75, 3.05) is 0 Å². The number of rotatable bonds is 2. The summed E-state index contributed by atoms with van der Waals surface area (Å²) in [6, 6.07) is 11.0. The van der Waals surface area contributed by atoms with Gasteiger partial charge in [-0.1, -0.05) is 24.3 Å². The van der Waals surface area contributed by atoms with Crippen LogP contribution in [0.5, 0.6) is 0 Å². The Morgan fingerprint density at radius 3 is 2.35 bits per heavy atom. The van der Waals surface area contributed by atoms with Gasteiger partial charge >= 0.3 is 5.97 Å². The predicted molar refractivity (Wildman–Crippen MR) is 70.5 cm³/mol. The molecule has 2 aliphatic heterocycles. The van der Waals surface area contributed by atoms with Crippen molar-refractivity contribution in [3.05, 3.63) is 69.8 Å². The molecule has 2 heterocycles. The van der Waals surface area contributed by atoms with Gasteiger partial charge in [-0.3, -0.25) is 0 Å². The molecule has 0 saturated heterocycles. The maximum Gasteiger partial charge on any atom is 0.335 e. The van der Waals surface area contributed by atoms with Gasteiger partial charge in [0.15, 0.2) is 0 Å². The van der Waals surface area contributed by atoms with Crippen LogP contribution in [0.15, 0.2) is 36.4 Å². The zero-order valence-corrected chi connectivity index (χ0v) is 10.5. The first-order chi connectivity index (χ1) is 9.69. The lowest BCUT2D eigenvalue weighted by Gasteiger charge is -2.16. The molecule has 2 aromatic carbocycles. The van der Waals surface area contributed by atoms with E-state index in [4.69, 9.17) is 9.84 Å². The minimum Gasteiger partial charge on any atom is -0.478 e. The Bertz CT molecular complexity index is 735. The quantitative estimate of drug-likeness (QED) is 0.877. The molecule has 100 valence electrons. The summed E-state index contributed by atoms with van der Waals surface area (Å²) in [5, 5.41) is 18.3. The Labute approximate surface area is 115 Å². The summed E-state index contributed by atoms with van der Waals surface area (Å²) in [4.78, 5) is 11.1. The highest BCUT2D eigenvalue weighted by atomic mass is 16.5. The summed E-state index contributed by atoms with van der Waals surface area (Å²) in [5.74, 6) is -0.931. The first kappa shape index (κ1) is 11.6. The molecular weight excluding hydrogens is 256 g/mol. The second kappa shape index (κ2) is 3.91. The van der Waals surface area contributed by atoms with Crippen molar-refractivity contribution in [1.29, 1.82) is 0 Å². The van der Waals surface area contributed by atoms with Crippen LogP contribution in [0.3, 0.4) is 0 Å². The van der Waals surface area contributed by atoms with Crippen LogP contribution in [0.4, 0.5) is 0 Å². The van der Waals surface area contributed by atoms with Crippen LogP contribution in [-0.4, -0.2) is 16.2 Å². The lowest BCUT2D eigenvalue weighted by atomic mass is 9.84. The van der Waals surface area contributed by atoms with Crippen molar-refractivity contribution >= 4 is 5.97 Å². The molecule has 2 N–H and O–H groups in total. The molecule has 2 bridgehead atoms. The van der Waals surface area contributed by atoms with Crippen LogP contribution in [0.25, 0.3) is 0 Å². The van der Waals surface area contributed by atoms with Gasteiger partial charge in [-0.25, -0.2) is 4.79 Å². The Balaban J connectivity index is 1.87. The standard InChI is InChI=1S/C16H12O4/c17-7-8-1-3-10-12(5-8)15-13-6-9(16(18)19)2-4-11(13)14(10)20-15/h1-6,14-15,17H,7H2,(H,18,19)/t14-,15+/m1/s1. The lowest BCUT2D eigenvalue weighted by Crippen LogP contribution is -2.06. The summed E-state index contributed by atoms with van der Waals surface area (Å²) in [7, 11) is 0. The van der Waals surface area contributed by atoms with Crippen LogP contribution in [0.2, 0.25) is 0 Å². The first-order valence-electron chi connectivity index (χ1n) is 6.45. The number of aliphatic hydroxyl groups is 1. The van der Waals surface area contributed by atoms with Gasteiger partial charge in [0, 0.05) is 0 Å². The zero-order chi connectivity index (χ0) is 13.9. The number of carboxylic acid groups (broad SMARTS) is 1. The number of carboxylic acids is 1. The van der Waals surface area contributed by atoms with Gasteiger partial charge in [0.25, 0.3) is 0 Å². The van der Waals surface area contributed by atoms with E-state index in [1.807, 2.05) is 24.3 Å². The maximum atomic E-state index is 11.1. The SMILES string of the molecule is O=C(O)c1ccc2c(c1)[C@H]1O[C@@H]2c2ccc(CO)cc21. The molecule has 4 heteroatoms. The molecule has 0 aromatic heterocycles. The third-order valence-corrected chi connectivity index (χ3v) is 4.07. The van der Waals surface area contributed by atoms with E-state index in [0.717, 1.165) is 27.8 Å². The highest BCUT2D eigenvalue weighted by Crippen LogP contribution is 2.54. The van der Waals surface area contributed by atoms with Crippen molar-refractivity contribution in [2.24, 2.45) is 0 Å². The van der Waals surface area contributed by atoms with Gasteiger partial charge < -0.3 is 14.9 Å². The van der Waals surface area contributed by atoms with E-state index >= 15 is 0 Å². The van der Waals surface area contributed by atoms with Gasteiger partial charge in [-0.2, -0.15) is 0 Å². The monoisotopic (exact) mass is 268 g/mol. The normalized spacial score (nSPS) is 21.6. The Morgan fingerprint density at radius 2 is 1.65 bits per heavy atom. The minimum atomic E-state index is -0.931. The minimum absolute atomic E-state index is 0.00725. The van der Waals surface area contributed by atoms with Crippen molar-refractivity contribution < 1.29 is 19.7 Å². The molecule has 2 aliphatic rings. The van der Waals surface area contributed by atoms with Gasteiger partial charge in [-0.15, -0.1) is 0 Å². The number of hydrogen-bond donors (Lipinski definition) is 2. The number of aromatic carboxylic acids is 1. The molecule has 0 radical (unpaired) electrons. The van der Waals surface area contributed by atoms with Gasteiger partial charge in [0.1, 0.15) is 12.2 Å². The summed E-state index contributed by atoms with van der Waals surface area (Å²) < 4.78 is 5.97. The molecule has 4 rings (SSSR count). The molecule has 20 heavy (non-hydrogen) atoms. The summed E-state index contributed by atoms with van der Waals surface area (Å²) in [5.41, 5.74) is 5.25. The first-order valence-corrected chi connectivity index (χ1v) is 6.45. The molecule has 2 atom stereocenters. The average Bonchev–Trinajstić information content (AvgIpc) is 3.02. The fraction of sp³-hybridized carbons (Fsp3) is 0.188. The summed E-state index contributed by atoms with van der Waals surface area (Å²) in [6.45, 7) is -0.00725. The van der Waals surface area contributed by atoms with E-state index in [0.29, 0.717) is 0 Å². The smallest absolute Gasteiger partial charge is 0.335 e. The molecule has 0 amide bonds. The second-order valence-electron chi connectivity index (χ2n) is 5.17. The number of ether oxygens (including phenoxy) is 1. The number of fused-ring (bicyclic) bond motifs is 8. The Kier molecular flexibility index (Phi) is 2.28. The van der Waals surface area contributed by atoms with Crippen LogP contribution in [0, 0.1) is 0 Å². The third kappa shape index (κ3) is 1.40. The van der Waals surface area contributed by atoms with Crippen molar-refractivity contribution in [1.82, 2.24) is 0 Å². The molecule has 0 unspecified atom stereocenters. The van der Waals surface area contributed by atoms with E-state index in [9.17, 15) is 9.90 Å². The van der Waals surface area contributed by atoms with Crippen LogP contribution in [-0.2, 0) is 11.3 Å². The van der Waals surface area contributed by atoms with Crippen LogP contribution in [0.1, 0.15) is 50.4 Å². The molecule has 0 aliphatic carbocycles. The highest BCUT2D eigenvalue weighted by Gasteiger charge is 2.42. The second-order valence-corrected chi connectivity index (χ2v) is 5.17. The summed E-state index contributed by atoms with van der Waals surface area (Å²) in [6.07, 6.45) is -0.323. The molecule has 2 aromatic rings. The number of benzene rings is 2. The molecule has 4 nitrogen and oxygen atoms in total. The van der Waals surface area contributed by atoms with Crippen LogP contribution < -0.4 is 0 Å². The van der Waals surface area contributed by atoms with Gasteiger partial charge in [0.05, 0.1) is 12.2 Å². The zero-order valence-electron chi connectivity index (χ0n) is 10.5. The fourth-order valence-corrected chi connectivity index (χ4v) is 3.13. The number of carbonyl (C=O) groups is 1. The van der Waals surface area contributed by atoms with Crippen LogP contribution >= 0.6 is 0 Å². The largest absolute Gasteiger partial charge is 0.478 e. The molecule has 0 fully saturated rings. The van der Waals surface area contributed by atoms with E-state index in [2.05, 4.69) is 0 Å². The molecule has 0 spiro atoms. The topological polar surface area (TPSA) is 66.8 Å². The fourth-order valence-electron chi connectivity index (χ4n) is 3.13. The Hall–Kier alpha value is -2.17. The van der Waals surface area contributed by atoms with Crippen molar-refractivity contribution in [3.63, 3.8) is 0 Å². The van der Waals surface area contributed by atoms with E-state index in [1.54, 1.807) is 12.1 Å². The molecule has 0 saturated carbocycles. The van der Waals surface area contributed by atoms with E-state index in [-0.39, 0.29) is 24.4 Å². The number of hydrogen-bond acceptors (Lipinski definition) is 3. The predicted octanol–water partition coefficient (Wildman–Crippen LogP) is 2.40. The number of aliphatic hydroxyl groups excluding tert-OH is 1. The Morgan fingerprint density at radius 1 is 1.00 bits per heavy atom. The maximum absolute atomic E-state index is 11.1. The van der Waals surface area contributed by atoms with E-state index in [1.165, 1.54) is 0 Å². The average molecular weight is 268 g/mol. The van der Waals surface area contributed by atoms with Crippen molar-refractivity contribution in [2.45, 2.75) is 18.8 Å². The van der Waals surface area contributed by atoms with Gasteiger partial charge in [0.2, 0.25) is 0 Å². The van der Waals surface area contributed by atoms with E-state index < -0.39 is 5.97 Å². The molecular formula is C16H12O4. The highest BCUT2D eigenvalue weighted by molar-refractivity contribution is 5.88.